The quantitative estimate of drug-likeness (QED) is 0.670. The lowest BCUT2D eigenvalue weighted by molar-refractivity contribution is -0.270. The van der Waals surface area contributed by atoms with Gasteiger partial charge in [-0.2, -0.15) is 0 Å². The normalized spacial score (nSPS) is 31.7. The Morgan fingerprint density at radius 3 is 1.79 bits per heavy atom. The zero-order valence-electron chi connectivity index (χ0n) is 9.11. The molecule has 0 spiro atoms. The molecule has 0 amide bonds. The Bertz CT molecular complexity index is 159. The van der Waals surface area contributed by atoms with E-state index in [0.717, 1.165) is 0 Å². The van der Waals surface area contributed by atoms with Crippen LogP contribution in [0, 0.1) is 0 Å². The summed E-state index contributed by atoms with van der Waals surface area (Å²) in [5.41, 5.74) is 0. The van der Waals surface area contributed by atoms with Gasteiger partial charge in [-0.05, 0) is 27.7 Å². The summed E-state index contributed by atoms with van der Waals surface area (Å²) in [6.07, 6.45) is -0.688. The smallest absolute Gasteiger partial charge is 0.351 e. The van der Waals surface area contributed by atoms with E-state index in [4.69, 9.17) is 22.4 Å². The van der Waals surface area contributed by atoms with E-state index >= 15 is 0 Å². The van der Waals surface area contributed by atoms with Gasteiger partial charge in [0, 0.05) is 13.2 Å². The van der Waals surface area contributed by atoms with Crippen molar-refractivity contribution in [2.45, 2.75) is 40.3 Å². The van der Waals surface area contributed by atoms with Crippen molar-refractivity contribution >= 4 is 9.05 Å². The van der Waals surface area contributed by atoms with Crippen LogP contribution in [0.15, 0.2) is 0 Å². The molecule has 1 fully saturated rings. The first-order chi connectivity index (χ1) is 6.62. The second kappa shape index (κ2) is 5.20. The van der Waals surface area contributed by atoms with Crippen LogP contribution in [0.3, 0.4) is 0 Å². The highest BCUT2D eigenvalue weighted by Crippen LogP contribution is 2.23. The Hall–Kier alpha value is 0.0169. The van der Waals surface area contributed by atoms with E-state index in [-0.39, 0.29) is 12.6 Å². The molecule has 1 rings (SSSR count). The van der Waals surface area contributed by atoms with Gasteiger partial charge in [-0.15, -0.1) is 0 Å². The van der Waals surface area contributed by atoms with E-state index in [9.17, 15) is 0 Å². The fraction of sp³-hybridized carbons (Fsp3) is 1.00. The Labute approximate surface area is 85.7 Å². The summed E-state index contributed by atoms with van der Waals surface area (Å²) in [7, 11) is -2.93. The summed E-state index contributed by atoms with van der Waals surface area (Å²) in [5.74, 6) is 0. The van der Waals surface area contributed by atoms with Crippen molar-refractivity contribution < 1.29 is 22.4 Å². The van der Waals surface area contributed by atoms with Crippen LogP contribution in [-0.4, -0.2) is 34.8 Å². The number of hydrogen-bond acceptors (Lipinski definition) is 5. The number of ether oxygens (including phenoxy) is 1. The molecule has 0 bridgehead atoms. The van der Waals surface area contributed by atoms with Crippen molar-refractivity contribution in [2.24, 2.45) is 0 Å². The van der Waals surface area contributed by atoms with Crippen molar-refractivity contribution in [3.8, 4) is 0 Å². The first-order valence-electron chi connectivity index (χ1n) is 4.91. The molecule has 2 atom stereocenters. The van der Waals surface area contributed by atoms with E-state index in [2.05, 4.69) is 0 Å². The Morgan fingerprint density at radius 2 is 1.43 bits per heavy atom. The number of hydrogen-bond donors (Lipinski definition) is 0. The summed E-state index contributed by atoms with van der Waals surface area (Å²) in [6, 6.07) is 0. The maximum absolute atomic E-state index is 5.48. The molecular formula is C8H18O5Si. The van der Waals surface area contributed by atoms with E-state index in [0.29, 0.717) is 13.2 Å². The third kappa shape index (κ3) is 3.01. The van der Waals surface area contributed by atoms with E-state index < -0.39 is 9.05 Å². The van der Waals surface area contributed by atoms with Gasteiger partial charge in [0.1, 0.15) is 0 Å². The monoisotopic (exact) mass is 222 g/mol. The van der Waals surface area contributed by atoms with Gasteiger partial charge in [0.2, 0.25) is 0 Å². The molecule has 1 saturated heterocycles. The number of rotatable bonds is 4. The van der Waals surface area contributed by atoms with Gasteiger partial charge in [0.25, 0.3) is 0 Å². The highest BCUT2D eigenvalue weighted by atomic mass is 28.4. The van der Waals surface area contributed by atoms with Crippen molar-refractivity contribution in [2.75, 3.05) is 13.2 Å². The van der Waals surface area contributed by atoms with Gasteiger partial charge >= 0.3 is 9.05 Å². The topological polar surface area (TPSA) is 46.2 Å². The predicted molar refractivity (Wildman–Crippen MR) is 51.2 cm³/mol. The lowest BCUT2D eigenvalue weighted by Crippen LogP contribution is -2.57. The van der Waals surface area contributed by atoms with Crippen LogP contribution in [-0.2, 0) is 22.4 Å². The lowest BCUT2D eigenvalue weighted by Gasteiger charge is -2.37. The molecule has 1 heterocycles. The largest absolute Gasteiger partial charge is 0.683 e. The van der Waals surface area contributed by atoms with Crippen molar-refractivity contribution in [3.63, 3.8) is 0 Å². The Balaban J connectivity index is 2.63. The molecule has 0 aromatic heterocycles. The summed E-state index contributed by atoms with van der Waals surface area (Å²) in [4.78, 5) is 0. The van der Waals surface area contributed by atoms with Crippen LogP contribution in [0.5, 0.6) is 0 Å². The predicted octanol–water partition coefficient (Wildman–Crippen LogP) is 1.25. The molecule has 5 nitrogen and oxygen atoms in total. The second-order valence-corrected chi connectivity index (χ2v) is 4.92. The molecule has 6 heteroatoms. The fourth-order valence-electron chi connectivity index (χ4n) is 1.29. The lowest BCUT2D eigenvalue weighted by atomic mass is 10.7. The average Bonchev–Trinajstić information content (AvgIpc) is 2.02. The van der Waals surface area contributed by atoms with Crippen molar-refractivity contribution in [3.05, 3.63) is 0 Å². The first kappa shape index (κ1) is 12.1. The molecule has 0 N–H and O–H groups in total. The SMILES string of the molecule is CCO[Si]1(OCC)OC(C)OC(C)O1. The molecule has 14 heavy (non-hydrogen) atoms. The molecule has 0 aromatic carbocycles. The molecule has 0 radical (unpaired) electrons. The standard InChI is InChI=1S/C8H18O5Si/c1-5-9-14(10-6-2)12-7(3)11-8(4)13-14/h7-8H,5-6H2,1-4H3. The van der Waals surface area contributed by atoms with Crippen LogP contribution in [0.1, 0.15) is 27.7 Å². The van der Waals surface area contributed by atoms with Crippen LogP contribution in [0.2, 0.25) is 0 Å². The van der Waals surface area contributed by atoms with Gasteiger partial charge in [-0.1, -0.05) is 0 Å². The minimum absolute atomic E-state index is 0.344. The first-order valence-corrected chi connectivity index (χ1v) is 6.54. The maximum atomic E-state index is 5.48. The zero-order chi connectivity index (χ0) is 10.6. The molecule has 0 aliphatic carbocycles. The van der Waals surface area contributed by atoms with E-state index in [1.807, 2.05) is 13.8 Å². The molecular weight excluding hydrogens is 204 g/mol. The van der Waals surface area contributed by atoms with E-state index in [1.54, 1.807) is 13.8 Å². The van der Waals surface area contributed by atoms with Crippen LogP contribution < -0.4 is 0 Å². The zero-order valence-corrected chi connectivity index (χ0v) is 10.1. The van der Waals surface area contributed by atoms with Crippen LogP contribution in [0.4, 0.5) is 0 Å². The van der Waals surface area contributed by atoms with Crippen LogP contribution >= 0.6 is 0 Å². The van der Waals surface area contributed by atoms with Gasteiger partial charge in [0.15, 0.2) is 12.6 Å². The average molecular weight is 222 g/mol. The van der Waals surface area contributed by atoms with Gasteiger partial charge < -0.3 is 22.4 Å². The third-order valence-corrected chi connectivity index (χ3v) is 4.17. The molecule has 1 aliphatic rings. The molecule has 0 saturated carbocycles. The van der Waals surface area contributed by atoms with Crippen molar-refractivity contribution in [1.82, 2.24) is 0 Å². The summed E-state index contributed by atoms with van der Waals surface area (Å²) < 4.78 is 27.1. The minimum Gasteiger partial charge on any atom is -0.351 e. The summed E-state index contributed by atoms with van der Waals surface area (Å²) >= 11 is 0. The molecule has 0 aromatic rings. The summed E-state index contributed by atoms with van der Waals surface area (Å²) in [5, 5.41) is 0. The van der Waals surface area contributed by atoms with Crippen LogP contribution in [0.25, 0.3) is 0 Å². The van der Waals surface area contributed by atoms with Gasteiger partial charge in [-0.25, -0.2) is 0 Å². The highest BCUT2D eigenvalue weighted by molar-refractivity contribution is 6.53. The Kier molecular flexibility index (Phi) is 4.49. The minimum atomic E-state index is -2.93. The van der Waals surface area contributed by atoms with E-state index in [1.165, 1.54) is 0 Å². The third-order valence-electron chi connectivity index (χ3n) is 1.65. The van der Waals surface area contributed by atoms with Crippen molar-refractivity contribution in [1.29, 1.82) is 0 Å². The van der Waals surface area contributed by atoms with Gasteiger partial charge in [0.05, 0.1) is 0 Å². The fourth-order valence-corrected chi connectivity index (χ4v) is 3.33. The highest BCUT2D eigenvalue weighted by Gasteiger charge is 2.51. The molecule has 1 aliphatic heterocycles. The maximum Gasteiger partial charge on any atom is 0.683 e. The van der Waals surface area contributed by atoms with Gasteiger partial charge in [-0.3, -0.25) is 0 Å². The summed E-state index contributed by atoms with van der Waals surface area (Å²) in [6.45, 7) is 8.38. The Morgan fingerprint density at radius 1 is 1.00 bits per heavy atom. The second-order valence-electron chi connectivity index (χ2n) is 2.87. The molecule has 84 valence electrons. The molecule has 2 unspecified atom stereocenters.